The Hall–Kier alpha value is -1.36. The van der Waals surface area contributed by atoms with E-state index in [1.807, 2.05) is 32.0 Å². The van der Waals surface area contributed by atoms with Crippen molar-refractivity contribution in [1.82, 2.24) is 0 Å². The third kappa shape index (κ3) is 2.59. The quantitative estimate of drug-likeness (QED) is 0.917. The van der Waals surface area contributed by atoms with Gasteiger partial charge in [-0.15, -0.1) is 0 Å². The molecule has 1 aromatic carbocycles. The Labute approximate surface area is 138 Å². The zero-order valence-corrected chi connectivity index (χ0v) is 15.1. The molecule has 2 aliphatic rings. The number of hydrogen-bond acceptors (Lipinski definition) is 3. The number of carbonyl (C=O) groups excluding carboxylic acids is 1. The summed E-state index contributed by atoms with van der Waals surface area (Å²) in [6.45, 7) is 7.99. The molecule has 4 nitrogen and oxygen atoms in total. The minimum atomic E-state index is -3.57. The summed E-state index contributed by atoms with van der Waals surface area (Å²) < 4.78 is 28.1. The van der Waals surface area contributed by atoms with Crippen LogP contribution in [0.3, 0.4) is 0 Å². The van der Waals surface area contributed by atoms with E-state index in [1.165, 1.54) is 0 Å². The van der Waals surface area contributed by atoms with Crippen LogP contribution in [-0.4, -0.2) is 20.0 Å². The predicted octanol–water partition coefficient (Wildman–Crippen LogP) is 3.44. The summed E-state index contributed by atoms with van der Waals surface area (Å²) in [5.74, 6) is 0.353. The summed E-state index contributed by atoms with van der Waals surface area (Å²) in [5.41, 5.74) is 1.65. The van der Waals surface area contributed by atoms with Crippen molar-refractivity contribution in [3.8, 4) is 0 Å². The van der Waals surface area contributed by atoms with Crippen LogP contribution in [-0.2, 0) is 14.8 Å². The van der Waals surface area contributed by atoms with Crippen LogP contribution in [0.15, 0.2) is 18.2 Å². The minimum absolute atomic E-state index is 0.102. The van der Waals surface area contributed by atoms with Crippen LogP contribution in [0.25, 0.3) is 0 Å². The molecule has 2 aliphatic carbocycles. The molecule has 1 N–H and O–H groups in total. The summed E-state index contributed by atoms with van der Waals surface area (Å²) >= 11 is 0. The van der Waals surface area contributed by atoms with Crippen molar-refractivity contribution in [1.29, 1.82) is 0 Å². The second kappa shape index (κ2) is 5.07. The van der Waals surface area contributed by atoms with Crippen LogP contribution >= 0.6 is 0 Å². The standard InChI is InChI=1S/C18H25NO3S/c1-12-7-13(2)9-15(8-12)19-23(21,22)11-18-6-5-14(10-16(18)20)17(18,3)4/h7-9,14,19H,5-6,10-11H2,1-4H3/t14-,18+/m1/s1. The van der Waals surface area contributed by atoms with Crippen molar-refractivity contribution in [2.75, 3.05) is 10.5 Å². The van der Waals surface area contributed by atoms with Gasteiger partial charge in [0.15, 0.2) is 0 Å². The van der Waals surface area contributed by atoms with Crippen LogP contribution in [0.4, 0.5) is 5.69 Å². The smallest absolute Gasteiger partial charge is 0.233 e. The topological polar surface area (TPSA) is 63.2 Å². The Bertz CT molecular complexity index is 746. The minimum Gasteiger partial charge on any atom is -0.299 e. The molecule has 1 aromatic rings. The molecule has 0 aromatic heterocycles. The van der Waals surface area contributed by atoms with Gasteiger partial charge in [0, 0.05) is 12.1 Å². The summed E-state index contributed by atoms with van der Waals surface area (Å²) in [7, 11) is -3.57. The molecule has 2 saturated carbocycles. The fourth-order valence-electron chi connectivity index (χ4n) is 4.68. The number of rotatable bonds is 4. The van der Waals surface area contributed by atoms with Crippen molar-refractivity contribution in [2.24, 2.45) is 16.7 Å². The highest BCUT2D eigenvalue weighted by molar-refractivity contribution is 7.92. The third-order valence-corrected chi connectivity index (χ3v) is 7.49. The fourth-order valence-corrected chi connectivity index (χ4v) is 6.56. The van der Waals surface area contributed by atoms with Gasteiger partial charge >= 0.3 is 0 Å². The lowest BCUT2D eigenvalue weighted by Gasteiger charge is -2.36. The molecular formula is C18H25NO3S. The molecular weight excluding hydrogens is 310 g/mol. The van der Waals surface area contributed by atoms with Crippen molar-refractivity contribution in [3.05, 3.63) is 29.3 Å². The van der Waals surface area contributed by atoms with Gasteiger partial charge in [0.05, 0.1) is 11.2 Å². The van der Waals surface area contributed by atoms with Gasteiger partial charge in [-0.05, 0) is 61.3 Å². The van der Waals surface area contributed by atoms with Crippen LogP contribution < -0.4 is 4.72 Å². The Balaban J connectivity index is 1.88. The molecule has 23 heavy (non-hydrogen) atoms. The van der Waals surface area contributed by atoms with Gasteiger partial charge in [-0.3, -0.25) is 9.52 Å². The molecule has 0 radical (unpaired) electrons. The maximum Gasteiger partial charge on any atom is 0.233 e. The van der Waals surface area contributed by atoms with E-state index in [9.17, 15) is 13.2 Å². The highest BCUT2D eigenvalue weighted by atomic mass is 32.2. The molecule has 0 aliphatic heterocycles. The largest absolute Gasteiger partial charge is 0.299 e. The molecule has 126 valence electrons. The average molecular weight is 335 g/mol. The van der Waals surface area contributed by atoms with Crippen LogP contribution in [0.2, 0.25) is 0 Å². The number of hydrogen-bond donors (Lipinski definition) is 1. The second-order valence-electron chi connectivity index (χ2n) is 7.90. The van der Waals surface area contributed by atoms with E-state index in [4.69, 9.17) is 0 Å². The summed E-state index contributed by atoms with van der Waals surface area (Å²) in [5, 5.41) is 0. The Morgan fingerprint density at radius 3 is 2.26 bits per heavy atom. The monoisotopic (exact) mass is 335 g/mol. The van der Waals surface area contributed by atoms with Gasteiger partial charge in [-0.25, -0.2) is 8.42 Å². The first-order chi connectivity index (χ1) is 10.6. The van der Waals surface area contributed by atoms with Crippen molar-refractivity contribution in [2.45, 2.75) is 47.0 Å². The highest BCUT2D eigenvalue weighted by Crippen LogP contribution is 2.64. The highest BCUT2D eigenvalue weighted by Gasteiger charge is 2.65. The number of carbonyl (C=O) groups is 1. The lowest BCUT2D eigenvalue weighted by molar-refractivity contribution is -0.128. The Kier molecular flexibility index (Phi) is 3.63. The number of benzene rings is 1. The molecule has 0 amide bonds. The zero-order valence-electron chi connectivity index (χ0n) is 14.3. The maximum atomic E-state index is 12.7. The van der Waals surface area contributed by atoms with Gasteiger partial charge in [0.25, 0.3) is 0 Å². The molecule has 0 heterocycles. The number of aryl methyl sites for hydroxylation is 2. The summed E-state index contributed by atoms with van der Waals surface area (Å²) in [6, 6.07) is 5.64. The van der Waals surface area contributed by atoms with Crippen LogP contribution in [0, 0.1) is 30.6 Å². The number of ketones is 1. The lowest BCUT2D eigenvalue weighted by atomic mass is 9.70. The van der Waals surface area contributed by atoms with Gasteiger partial charge < -0.3 is 0 Å². The molecule has 0 saturated heterocycles. The first kappa shape index (κ1) is 16.5. The van der Waals surface area contributed by atoms with Crippen LogP contribution in [0.1, 0.15) is 44.2 Å². The van der Waals surface area contributed by atoms with E-state index in [0.29, 0.717) is 24.4 Å². The maximum absolute atomic E-state index is 12.7. The Morgan fingerprint density at radius 1 is 1.17 bits per heavy atom. The van der Waals surface area contributed by atoms with Crippen molar-refractivity contribution >= 4 is 21.5 Å². The van der Waals surface area contributed by atoms with Gasteiger partial charge in [-0.2, -0.15) is 0 Å². The molecule has 3 rings (SSSR count). The number of Topliss-reactive ketones (excluding diaryl/α,β-unsaturated/α-hetero) is 1. The summed E-state index contributed by atoms with van der Waals surface area (Å²) in [4.78, 5) is 12.5. The zero-order chi connectivity index (χ0) is 17.0. The van der Waals surface area contributed by atoms with E-state index in [1.54, 1.807) is 0 Å². The molecule has 5 heteroatoms. The third-order valence-electron chi connectivity index (χ3n) is 6.07. The number of sulfonamides is 1. The lowest BCUT2D eigenvalue weighted by Crippen LogP contribution is -2.43. The number of anilines is 1. The summed E-state index contributed by atoms with van der Waals surface area (Å²) in [6.07, 6.45) is 2.18. The second-order valence-corrected chi connectivity index (χ2v) is 9.63. The van der Waals surface area contributed by atoms with Gasteiger partial charge in [-0.1, -0.05) is 19.9 Å². The average Bonchev–Trinajstić information content (AvgIpc) is 2.70. The first-order valence-corrected chi connectivity index (χ1v) is 9.83. The van der Waals surface area contributed by atoms with Gasteiger partial charge in [0.1, 0.15) is 5.78 Å². The van der Waals surface area contributed by atoms with Crippen molar-refractivity contribution < 1.29 is 13.2 Å². The molecule has 2 bridgehead atoms. The van der Waals surface area contributed by atoms with E-state index in [0.717, 1.165) is 17.5 Å². The molecule has 0 spiro atoms. The Morgan fingerprint density at radius 2 is 1.78 bits per heavy atom. The van der Waals surface area contributed by atoms with E-state index < -0.39 is 15.4 Å². The van der Waals surface area contributed by atoms with Gasteiger partial charge in [0.2, 0.25) is 10.0 Å². The van der Waals surface area contributed by atoms with E-state index in [-0.39, 0.29) is 17.0 Å². The predicted molar refractivity (Wildman–Crippen MR) is 91.9 cm³/mol. The molecule has 0 unspecified atom stereocenters. The van der Waals surface area contributed by atoms with E-state index >= 15 is 0 Å². The molecule has 2 fully saturated rings. The fraction of sp³-hybridized carbons (Fsp3) is 0.611. The first-order valence-electron chi connectivity index (χ1n) is 8.18. The van der Waals surface area contributed by atoms with E-state index in [2.05, 4.69) is 18.6 Å². The molecule has 2 atom stereocenters. The van der Waals surface area contributed by atoms with Crippen molar-refractivity contribution in [3.63, 3.8) is 0 Å². The SMILES string of the molecule is Cc1cc(C)cc(NS(=O)(=O)C[C@@]23CC[C@H](CC2=O)C3(C)C)c1. The normalized spacial score (nSPS) is 29.0. The number of fused-ring (bicyclic) bond motifs is 2. The van der Waals surface area contributed by atoms with Crippen LogP contribution in [0.5, 0.6) is 0 Å². The number of nitrogens with one attached hydrogen (secondary N) is 1.